The molecule has 0 saturated carbocycles. The summed E-state index contributed by atoms with van der Waals surface area (Å²) in [6.45, 7) is 3.45. The number of carbonyl (C=O) groups excluding carboxylic acids is 1. The smallest absolute Gasteiger partial charge is 0.227 e. The lowest BCUT2D eigenvalue weighted by Gasteiger charge is -2.32. The van der Waals surface area contributed by atoms with E-state index in [1.807, 2.05) is 55.5 Å². The number of nitrogens with zero attached hydrogens (tertiary/aromatic N) is 3. The van der Waals surface area contributed by atoms with Crippen molar-refractivity contribution in [2.24, 2.45) is 5.92 Å². The number of methoxy groups -OCH3 is 1. The van der Waals surface area contributed by atoms with E-state index in [0.29, 0.717) is 5.02 Å². The fraction of sp³-hybridized carbons (Fsp3) is 0.292. The van der Waals surface area contributed by atoms with Crippen molar-refractivity contribution in [2.75, 3.05) is 30.4 Å². The molecule has 1 aromatic heterocycles. The molecule has 0 unspecified atom stereocenters. The van der Waals surface area contributed by atoms with Crippen molar-refractivity contribution in [3.63, 3.8) is 0 Å². The van der Waals surface area contributed by atoms with Crippen LogP contribution >= 0.6 is 11.6 Å². The Kier molecular flexibility index (Phi) is 6.37. The first-order valence-corrected chi connectivity index (χ1v) is 10.7. The highest BCUT2D eigenvalue weighted by atomic mass is 35.5. The van der Waals surface area contributed by atoms with Crippen LogP contribution in [0.15, 0.2) is 54.9 Å². The van der Waals surface area contributed by atoms with Crippen LogP contribution < -0.4 is 15.0 Å². The van der Waals surface area contributed by atoms with E-state index in [0.717, 1.165) is 60.0 Å². The van der Waals surface area contributed by atoms with Crippen LogP contribution in [0.5, 0.6) is 5.75 Å². The average molecular weight is 437 g/mol. The molecule has 31 heavy (non-hydrogen) atoms. The third kappa shape index (κ3) is 4.80. The Hall–Kier alpha value is -3.12. The number of carbonyl (C=O) groups is 1. The summed E-state index contributed by atoms with van der Waals surface area (Å²) in [5, 5.41) is 3.69. The highest BCUT2D eigenvalue weighted by Crippen LogP contribution is 2.28. The number of nitrogens with one attached hydrogen (secondary N) is 1. The van der Waals surface area contributed by atoms with Gasteiger partial charge in [-0.1, -0.05) is 17.7 Å². The van der Waals surface area contributed by atoms with Gasteiger partial charge in [-0.05, 0) is 61.7 Å². The van der Waals surface area contributed by atoms with Gasteiger partial charge in [0.15, 0.2) is 0 Å². The van der Waals surface area contributed by atoms with Crippen LogP contribution in [0.1, 0.15) is 18.4 Å². The molecule has 1 fully saturated rings. The number of hydrogen-bond donors (Lipinski definition) is 1. The summed E-state index contributed by atoms with van der Waals surface area (Å²) in [7, 11) is 1.65. The molecule has 1 N–H and O–H groups in total. The number of anilines is 2. The molecule has 0 spiro atoms. The number of rotatable bonds is 5. The predicted molar refractivity (Wildman–Crippen MR) is 124 cm³/mol. The topological polar surface area (TPSA) is 67.3 Å². The quantitative estimate of drug-likeness (QED) is 0.611. The van der Waals surface area contributed by atoms with Crippen molar-refractivity contribution in [2.45, 2.75) is 19.8 Å². The summed E-state index contributed by atoms with van der Waals surface area (Å²) in [5.41, 5.74) is 3.54. The number of hydrogen-bond acceptors (Lipinski definition) is 5. The van der Waals surface area contributed by atoms with Gasteiger partial charge in [0.05, 0.1) is 12.8 Å². The molecule has 160 valence electrons. The molecule has 0 atom stereocenters. The lowest BCUT2D eigenvalue weighted by Crippen LogP contribution is -2.38. The summed E-state index contributed by atoms with van der Waals surface area (Å²) in [6, 6.07) is 15.4. The Morgan fingerprint density at radius 3 is 2.58 bits per heavy atom. The van der Waals surface area contributed by atoms with E-state index in [1.54, 1.807) is 13.4 Å². The second-order valence-corrected chi connectivity index (χ2v) is 8.06. The molecule has 3 aromatic rings. The monoisotopic (exact) mass is 436 g/mol. The van der Waals surface area contributed by atoms with Crippen molar-refractivity contribution < 1.29 is 9.53 Å². The standard InChI is InChI=1S/C24H25ClN4O2/c1-16-20(25)4-3-5-21(16)28-24(30)18-10-12-29(13-11-18)23-14-22(26-15-27-23)17-6-8-19(31-2)9-7-17/h3-9,14-15,18H,10-13H2,1-2H3,(H,28,30). The van der Waals surface area contributed by atoms with Gasteiger partial charge in [0, 0.05) is 41.3 Å². The van der Waals surface area contributed by atoms with Crippen molar-refractivity contribution in [1.29, 1.82) is 0 Å². The number of piperidine rings is 1. The van der Waals surface area contributed by atoms with Gasteiger partial charge in [-0.15, -0.1) is 0 Å². The average Bonchev–Trinajstić information content (AvgIpc) is 2.82. The molecule has 1 amide bonds. The molecule has 2 aromatic carbocycles. The third-order valence-corrected chi connectivity index (χ3v) is 6.16. The van der Waals surface area contributed by atoms with Gasteiger partial charge in [0.2, 0.25) is 5.91 Å². The fourth-order valence-corrected chi connectivity index (χ4v) is 3.96. The first-order valence-electron chi connectivity index (χ1n) is 10.3. The van der Waals surface area contributed by atoms with Crippen LogP contribution in [0.4, 0.5) is 11.5 Å². The van der Waals surface area contributed by atoms with Crippen molar-refractivity contribution in [1.82, 2.24) is 9.97 Å². The van der Waals surface area contributed by atoms with E-state index in [2.05, 4.69) is 20.2 Å². The molecule has 0 bridgehead atoms. The highest BCUT2D eigenvalue weighted by Gasteiger charge is 2.26. The Bertz CT molecular complexity index is 1060. The van der Waals surface area contributed by atoms with E-state index >= 15 is 0 Å². The zero-order chi connectivity index (χ0) is 21.8. The molecule has 1 aliphatic heterocycles. The second kappa shape index (κ2) is 9.35. The largest absolute Gasteiger partial charge is 0.497 e. The van der Waals surface area contributed by atoms with Crippen LogP contribution in [0.2, 0.25) is 5.02 Å². The van der Waals surface area contributed by atoms with Gasteiger partial charge in [0.25, 0.3) is 0 Å². The van der Waals surface area contributed by atoms with Crippen molar-refractivity contribution in [3.8, 4) is 17.0 Å². The Morgan fingerprint density at radius 1 is 1.13 bits per heavy atom. The SMILES string of the molecule is COc1ccc(-c2cc(N3CCC(C(=O)Nc4cccc(Cl)c4C)CC3)ncn2)cc1. The number of amides is 1. The molecule has 1 aliphatic rings. The molecule has 6 nitrogen and oxygen atoms in total. The molecular weight excluding hydrogens is 412 g/mol. The van der Waals surface area contributed by atoms with Crippen LogP contribution in [-0.4, -0.2) is 36.1 Å². The third-order valence-electron chi connectivity index (χ3n) is 5.75. The van der Waals surface area contributed by atoms with Gasteiger partial charge < -0.3 is 15.0 Å². The molecule has 7 heteroatoms. The molecule has 0 aliphatic carbocycles. The van der Waals surface area contributed by atoms with Crippen LogP contribution in [0.3, 0.4) is 0 Å². The van der Waals surface area contributed by atoms with Crippen LogP contribution in [0.25, 0.3) is 11.3 Å². The van der Waals surface area contributed by atoms with Gasteiger partial charge in [-0.2, -0.15) is 0 Å². The Balaban J connectivity index is 1.39. The highest BCUT2D eigenvalue weighted by molar-refractivity contribution is 6.31. The fourth-order valence-electron chi connectivity index (χ4n) is 3.79. The van der Waals surface area contributed by atoms with E-state index in [-0.39, 0.29) is 11.8 Å². The van der Waals surface area contributed by atoms with E-state index in [1.165, 1.54) is 0 Å². The number of ether oxygens (including phenoxy) is 1. The van der Waals surface area contributed by atoms with E-state index in [9.17, 15) is 4.79 Å². The zero-order valence-corrected chi connectivity index (χ0v) is 18.4. The first-order chi connectivity index (χ1) is 15.0. The van der Waals surface area contributed by atoms with E-state index in [4.69, 9.17) is 16.3 Å². The summed E-state index contributed by atoms with van der Waals surface area (Å²) >= 11 is 6.17. The lowest BCUT2D eigenvalue weighted by molar-refractivity contribution is -0.120. The molecule has 4 rings (SSSR count). The Labute approximate surface area is 187 Å². The Morgan fingerprint density at radius 2 is 1.87 bits per heavy atom. The number of benzene rings is 2. The summed E-state index contributed by atoms with van der Waals surface area (Å²) in [6.07, 6.45) is 3.14. The first kappa shape index (κ1) is 21.1. The molecule has 2 heterocycles. The predicted octanol–water partition coefficient (Wildman–Crippen LogP) is 4.97. The van der Waals surface area contributed by atoms with Crippen LogP contribution in [0, 0.1) is 12.8 Å². The summed E-state index contributed by atoms with van der Waals surface area (Å²) in [5.74, 6) is 1.71. The van der Waals surface area contributed by atoms with Gasteiger partial charge >= 0.3 is 0 Å². The second-order valence-electron chi connectivity index (χ2n) is 7.65. The van der Waals surface area contributed by atoms with E-state index < -0.39 is 0 Å². The van der Waals surface area contributed by atoms with Gasteiger partial charge in [-0.3, -0.25) is 4.79 Å². The van der Waals surface area contributed by atoms with Gasteiger partial charge in [0.1, 0.15) is 17.9 Å². The summed E-state index contributed by atoms with van der Waals surface area (Å²) < 4.78 is 5.22. The minimum atomic E-state index is -0.0301. The van der Waals surface area contributed by atoms with Crippen molar-refractivity contribution in [3.05, 3.63) is 65.4 Å². The molecular formula is C24H25ClN4O2. The molecule has 1 saturated heterocycles. The van der Waals surface area contributed by atoms with Crippen molar-refractivity contribution >= 4 is 29.0 Å². The lowest BCUT2D eigenvalue weighted by atomic mass is 9.95. The maximum absolute atomic E-state index is 12.8. The van der Waals surface area contributed by atoms with Crippen LogP contribution in [-0.2, 0) is 4.79 Å². The number of halogens is 1. The minimum Gasteiger partial charge on any atom is -0.497 e. The maximum Gasteiger partial charge on any atom is 0.227 e. The normalized spacial score (nSPS) is 14.4. The van der Waals surface area contributed by atoms with Gasteiger partial charge in [-0.25, -0.2) is 9.97 Å². The number of aromatic nitrogens is 2. The summed E-state index contributed by atoms with van der Waals surface area (Å²) in [4.78, 5) is 23.8. The minimum absolute atomic E-state index is 0.0301. The zero-order valence-electron chi connectivity index (χ0n) is 17.6. The maximum atomic E-state index is 12.8. The molecule has 0 radical (unpaired) electrons.